The highest BCUT2D eigenvalue weighted by Gasteiger charge is 2.20. The Kier molecular flexibility index (Phi) is 3.39. The van der Waals surface area contributed by atoms with E-state index in [1.54, 1.807) is 0 Å². The first-order chi connectivity index (χ1) is 7.27. The molecular weight excluding hydrogens is 184 g/mol. The fourth-order valence-corrected chi connectivity index (χ4v) is 2.26. The molecule has 0 aromatic heterocycles. The predicted molar refractivity (Wildman–Crippen MR) is 63.9 cm³/mol. The first-order valence-corrected chi connectivity index (χ1v) is 5.80. The Labute approximate surface area is 92.3 Å². The first-order valence-electron chi connectivity index (χ1n) is 5.80. The number of rotatable bonds is 2. The molecule has 0 bridgehead atoms. The molecule has 0 radical (unpaired) electrons. The number of piperazine rings is 1. The minimum Gasteiger partial charge on any atom is -0.312 e. The van der Waals surface area contributed by atoms with E-state index < -0.39 is 0 Å². The van der Waals surface area contributed by atoms with Crippen molar-refractivity contribution in [2.24, 2.45) is 0 Å². The standard InChI is InChI=1S/C13H20N2/c1-11-10-15(9-8-14-11)12(2)13-6-4-3-5-7-13/h3-7,11-12,14H,8-10H2,1-2H3/t11-,12-/m1/s1. The molecule has 0 aliphatic carbocycles. The van der Waals surface area contributed by atoms with Crippen molar-refractivity contribution in [3.8, 4) is 0 Å². The van der Waals surface area contributed by atoms with Crippen LogP contribution >= 0.6 is 0 Å². The molecule has 1 fully saturated rings. The van der Waals surface area contributed by atoms with Crippen molar-refractivity contribution in [3.63, 3.8) is 0 Å². The number of hydrogen-bond donors (Lipinski definition) is 1. The van der Waals surface area contributed by atoms with Crippen LogP contribution in [0.5, 0.6) is 0 Å². The molecule has 1 N–H and O–H groups in total. The van der Waals surface area contributed by atoms with Gasteiger partial charge in [0, 0.05) is 31.7 Å². The Morgan fingerprint density at radius 3 is 2.73 bits per heavy atom. The topological polar surface area (TPSA) is 15.3 Å². The Morgan fingerprint density at radius 2 is 2.07 bits per heavy atom. The lowest BCUT2D eigenvalue weighted by Gasteiger charge is -2.36. The Morgan fingerprint density at radius 1 is 1.33 bits per heavy atom. The fourth-order valence-electron chi connectivity index (χ4n) is 2.26. The van der Waals surface area contributed by atoms with Gasteiger partial charge in [-0.2, -0.15) is 0 Å². The van der Waals surface area contributed by atoms with Gasteiger partial charge in [0.2, 0.25) is 0 Å². The third kappa shape index (κ3) is 2.58. The van der Waals surface area contributed by atoms with Gasteiger partial charge < -0.3 is 5.32 Å². The lowest BCUT2D eigenvalue weighted by molar-refractivity contribution is 0.159. The van der Waals surface area contributed by atoms with E-state index in [9.17, 15) is 0 Å². The summed E-state index contributed by atoms with van der Waals surface area (Å²) in [5, 5.41) is 3.48. The van der Waals surface area contributed by atoms with Crippen molar-refractivity contribution in [3.05, 3.63) is 35.9 Å². The van der Waals surface area contributed by atoms with Gasteiger partial charge in [0.1, 0.15) is 0 Å². The normalized spacial score (nSPS) is 25.1. The van der Waals surface area contributed by atoms with E-state index >= 15 is 0 Å². The average molecular weight is 204 g/mol. The molecule has 0 amide bonds. The van der Waals surface area contributed by atoms with E-state index in [4.69, 9.17) is 0 Å². The highest BCUT2D eigenvalue weighted by atomic mass is 15.2. The highest BCUT2D eigenvalue weighted by molar-refractivity contribution is 5.18. The Bertz CT molecular complexity index is 297. The molecule has 2 nitrogen and oxygen atoms in total. The van der Waals surface area contributed by atoms with Crippen molar-refractivity contribution >= 4 is 0 Å². The van der Waals surface area contributed by atoms with Crippen LogP contribution in [0.15, 0.2) is 30.3 Å². The van der Waals surface area contributed by atoms with Crippen molar-refractivity contribution < 1.29 is 0 Å². The summed E-state index contributed by atoms with van der Waals surface area (Å²) in [6, 6.07) is 11.9. The van der Waals surface area contributed by atoms with Crippen LogP contribution in [0.2, 0.25) is 0 Å². The fraction of sp³-hybridized carbons (Fsp3) is 0.538. The van der Waals surface area contributed by atoms with Gasteiger partial charge in [-0.05, 0) is 19.4 Å². The van der Waals surface area contributed by atoms with E-state index in [0.29, 0.717) is 12.1 Å². The van der Waals surface area contributed by atoms with Crippen molar-refractivity contribution in [2.45, 2.75) is 25.9 Å². The summed E-state index contributed by atoms with van der Waals surface area (Å²) in [4.78, 5) is 2.55. The largest absolute Gasteiger partial charge is 0.312 e. The number of nitrogens with one attached hydrogen (secondary N) is 1. The SMILES string of the molecule is C[C@@H]1CN([C@H](C)c2ccccc2)CCN1. The molecule has 1 aromatic rings. The zero-order valence-corrected chi connectivity index (χ0v) is 9.61. The summed E-state index contributed by atoms with van der Waals surface area (Å²) in [5.74, 6) is 0. The van der Waals surface area contributed by atoms with Crippen LogP contribution in [0.4, 0.5) is 0 Å². The molecule has 1 aliphatic rings. The smallest absolute Gasteiger partial charge is 0.0321 e. The second-order valence-electron chi connectivity index (χ2n) is 4.44. The van der Waals surface area contributed by atoms with Gasteiger partial charge in [0.05, 0.1) is 0 Å². The highest BCUT2D eigenvalue weighted by Crippen LogP contribution is 2.20. The maximum atomic E-state index is 3.48. The molecule has 0 saturated carbocycles. The number of hydrogen-bond acceptors (Lipinski definition) is 2. The maximum absolute atomic E-state index is 3.48. The summed E-state index contributed by atoms with van der Waals surface area (Å²) in [6.07, 6.45) is 0. The summed E-state index contributed by atoms with van der Waals surface area (Å²) < 4.78 is 0. The Hall–Kier alpha value is -0.860. The molecule has 1 aromatic carbocycles. The lowest BCUT2D eigenvalue weighted by Crippen LogP contribution is -2.49. The van der Waals surface area contributed by atoms with Gasteiger partial charge in [-0.25, -0.2) is 0 Å². The monoisotopic (exact) mass is 204 g/mol. The quantitative estimate of drug-likeness (QED) is 0.793. The second kappa shape index (κ2) is 4.77. The number of nitrogens with zero attached hydrogens (tertiary/aromatic N) is 1. The molecular formula is C13H20N2. The molecule has 1 saturated heterocycles. The van der Waals surface area contributed by atoms with Crippen LogP contribution in [-0.4, -0.2) is 30.6 Å². The third-order valence-corrected chi connectivity index (χ3v) is 3.23. The van der Waals surface area contributed by atoms with Crippen LogP contribution in [-0.2, 0) is 0 Å². The predicted octanol–water partition coefficient (Wildman–Crippen LogP) is 2.04. The molecule has 1 aliphatic heterocycles. The lowest BCUT2D eigenvalue weighted by atomic mass is 10.1. The molecule has 2 atom stereocenters. The van der Waals surface area contributed by atoms with Crippen molar-refractivity contribution in [2.75, 3.05) is 19.6 Å². The van der Waals surface area contributed by atoms with E-state index in [2.05, 4.69) is 54.4 Å². The van der Waals surface area contributed by atoms with Gasteiger partial charge in [-0.3, -0.25) is 4.90 Å². The van der Waals surface area contributed by atoms with Crippen LogP contribution in [0.3, 0.4) is 0 Å². The number of benzene rings is 1. The van der Waals surface area contributed by atoms with E-state index in [-0.39, 0.29) is 0 Å². The molecule has 2 rings (SSSR count). The Balaban J connectivity index is 2.04. The minimum atomic E-state index is 0.538. The van der Waals surface area contributed by atoms with Gasteiger partial charge in [0.25, 0.3) is 0 Å². The molecule has 0 spiro atoms. The van der Waals surface area contributed by atoms with E-state index in [1.807, 2.05) is 0 Å². The van der Waals surface area contributed by atoms with Gasteiger partial charge in [0.15, 0.2) is 0 Å². The average Bonchev–Trinajstić information content (AvgIpc) is 2.29. The van der Waals surface area contributed by atoms with Gasteiger partial charge >= 0.3 is 0 Å². The van der Waals surface area contributed by atoms with Crippen LogP contribution in [0.1, 0.15) is 25.5 Å². The summed E-state index contributed by atoms with van der Waals surface area (Å²) in [6.45, 7) is 7.96. The molecule has 0 unspecified atom stereocenters. The maximum Gasteiger partial charge on any atom is 0.0321 e. The van der Waals surface area contributed by atoms with Crippen molar-refractivity contribution in [1.29, 1.82) is 0 Å². The summed E-state index contributed by atoms with van der Waals surface area (Å²) in [5.41, 5.74) is 1.42. The zero-order chi connectivity index (χ0) is 10.7. The van der Waals surface area contributed by atoms with Crippen LogP contribution in [0.25, 0.3) is 0 Å². The first kappa shape index (κ1) is 10.7. The van der Waals surface area contributed by atoms with Crippen molar-refractivity contribution in [1.82, 2.24) is 10.2 Å². The minimum absolute atomic E-state index is 0.538. The molecule has 82 valence electrons. The molecule has 2 heteroatoms. The molecule has 15 heavy (non-hydrogen) atoms. The van der Waals surface area contributed by atoms with E-state index in [0.717, 1.165) is 19.6 Å². The van der Waals surface area contributed by atoms with Gasteiger partial charge in [-0.15, -0.1) is 0 Å². The zero-order valence-electron chi connectivity index (χ0n) is 9.61. The molecule has 1 heterocycles. The third-order valence-electron chi connectivity index (χ3n) is 3.23. The second-order valence-corrected chi connectivity index (χ2v) is 4.44. The van der Waals surface area contributed by atoms with Crippen LogP contribution < -0.4 is 5.32 Å². The summed E-state index contributed by atoms with van der Waals surface area (Å²) >= 11 is 0. The van der Waals surface area contributed by atoms with Gasteiger partial charge in [-0.1, -0.05) is 30.3 Å². The summed E-state index contributed by atoms with van der Waals surface area (Å²) in [7, 11) is 0. The van der Waals surface area contributed by atoms with E-state index in [1.165, 1.54) is 5.56 Å². The van der Waals surface area contributed by atoms with Crippen LogP contribution in [0, 0.1) is 0 Å².